The number of furan rings is 1. The van der Waals surface area contributed by atoms with Gasteiger partial charge in [-0.25, -0.2) is 4.98 Å². The van der Waals surface area contributed by atoms with Gasteiger partial charge in [0.2, 0.25) is 0 Å². The number of benzene rings is 1. The van der Waals surface area contributed by atoms with Crippen LogP contribution < -0.4 is 5.32 Å². The minimum absolute atomic E-state index is 0.571. The summed E-state index contributed by atoms with van der Waals surface area (Å²) in [5.41, 5.74) is 2.95. The second-order valence-electron chi connectivity index (χ2n) is 3.99. The maximum Gasteiger partial charge on any atom is 0.161 e. The zero-order valence-corrected chi connectivity index (χ0v) is 10.6. The smallest absolute Gasteiger partial charge is 0.161 e. The number of hydrogen-bond acceptors (Lipinski definition) is 3. The van der Waals surface area contributed by atoms with Crippen molar-refractivity contribution >= 4 is 33.9 Å². The Hall–Kier alpha value is -2.14. The first kappa shape index (κ1) is 11.0. The molecular weight excluding hydrogens is 246 g/mol. The van der Waals surface area contributed by atoms with E-state index < -0.39 is 0 Å². The Morgan fingerprint density at radius 3 is 3.06 bits per heavy atom. The molecule has 5 heteroatoms. The van der Waals surface area contributed by atoms with Crippen molar-refractivity contribution in [3.8, 4) is 0 Å². The molecule has 4 nitrogen and oxygen atoms in total. The number of fused-ring (bicyclic) bond motifs is 1. The summed E-state index contributed by atoms with van der Waals surface area (Å²) in [5, 5.41) is 3.15. The first-order valence-electron chi connectivity index (χ1n) is 5.50. The highest BCUT2D eigenvalue weighted by Gasteiger charge is 2.06. The van der Waals surface area contributed by atoms with E-state index in [1.807, 2.05) is 41.9 Å². The van der Waals surface area contributed by atoms with E-state index in [2.05, 4.69) is 10.3 Å². The number of aryl methyl sites for hydroxylation is 1. The van der Waals surface area contributed by atoms with Crippen molar-refractivity contribution in [3.05, 3.63) is 48.7 Å². The molecule has 0 unspecified atom stereocenters. The summed E-state index contributed by atoms with van der Waals surface area (Å²) in [6.45, 7) is 0. The third-order valence-corrected chi connectivity index (χ3v) is 3.03. The average molecular weight is 257 g/mol. The molecular formula is C13H11N3OS. The maximum atomic E-state index is 5.26. The minimum Gasteiger partial charge on any atom is -0.462 e. The van der Waals surface area contributed by atoms with E-state index in [-0.39, 0.29) is 0 Å². The van der Waals surface area contributed by atoms with Crippen molar-refractivity contribution in [1.82, 2.24) is 9.55 Å². The van der Waals surface area contributed by atoms with Crippen LogP contribution in [0.15, 0.2) is 47.3 Å². The minimum atomic E-state index is 0.571. The number of thiocarbonyl (C=S) groups is 1. The number of anilines is 1. The Morgan fingerprint density at radius 1 is 1.39 bits per heavy atom. The molecule has 0 amide bonds. The fourth-order valence-corrected chi connectivity index (χ4v) is 2.04. The van der Waals surface area contributed by atoms with E-state index in [0.717, 1.165) is 16.7 Å². The first-order chi connectivity index (χ1) is 8.74. The Bertz CT molecular complexity index is 700. The lowest BCUT2D eigenvalue weighted by Crippen LogP contribution is -2.09. The van der Waals surface area contributed by atoms with Crippen LogP contribution in [0.2, 0.25) is 0 Å². The molecule has 1 N–H and O–H groups in total. The summed E-state index contributed by atoms with van der Waals surface area (Å²) in [7, 11) is 1.96. The third-order valence-electron chi connectivity index (χ3n) is 2.73. The second kappa shape index (κ2) is 4.27. The Balaban J connectivity index is 1.91. The van der Waals surface area contributed by atoms with E-state index in [9.17, 15) is 0 Å². The van der Waals surface area contributed by atoms with Crippen LogP contribution in [-0.2, 0) is 7.05 Å². The highest BCUT2D eigenvalue weighted by atomic mass is 32.1. The second-order valence-corrected chi connectivity index (χ2v) is 4.40. The molecule has 3 rings (SSSR count). The predicted molar refractivity (Wildman–Crippen MR) is 74.7 cm³/mol. The van der Waals surface area contributed by atoms with Gasteiger partial charge < -0.3 is 14.3 Å². The molecule has 1 aromatic carbocycles. The van der Waals surface area contributed by atoms with Crippen LogP contribution in [0.4, 0.5) is 5.69 Å². The zero-order valence-electron chi connectivity index (χ0n) is 9.75. The molecule has 0 fully saturated rings. The number of aromatic nitrogens is 2. The van der Waals surface area contributed by atoms with E-state index in [1.165, 1.54) is 0 Å². The monoisotopic (exact) mass is 257 g/mol. The molecule has 0 spiro atoms. The van der Waals surface area contributed by atoms with Crippen LogP contribution in [0.5, 0.6) is 0 Å². The van der Waals surface area contributed by atoms with Crippen LogP contribution in [0, 0.1) is 0 Å². The molecule has 3 aromatic rings. The van der Waals surface area contributed by atoms with Gasteiger partial charge in [0.1, 0.15) is 4.99 Å². The van der Waals surface area contributed by atoms with Crippen LogP contribution in [0.3, 0.4) is 0 Å². The van der Waals surface area contributed by atoms with Gasteiger partial charge in [0.05, 0.1) is 23.6 Å². The molecule has 2 heterocycles. The highest BCUT2D eigenvalue weighted by Crippen LogP contribution is 2.18. The molecule has 18 heavy (non-hydrogen) atoms. The van der Waals surface area contributed by atoms with Gasteiger partial charge in [-0.1, -0.05) is 12.2 Å². The van der Waals surface area contributed by atoms with Crippen molar-refractivity contribution < 1.29 is 4.42 Å². The van der Waals surface area contributed by atoms with Crippen LogP contribution in [0.1, 0.15) is 5.76 Å². The van der Waals surface area contributed by atoms with Gasteiger partial charge in [-0.15, -0.1) is 0 Å². The lowest BCUT2D eigenvalue weighted by Gasteiger charge is -2.06. The molecule has 90 valence electrons. The number of hydrogen-bond donors (Lipinski definition) is 1. The van der Waals surface area contributed by atoms with Gasteiger partial charge in [0.25, 0.3) is 0 Å². The van der Waals surface area contributed by atoms with Gasteiger partial charge in [-0.05, 0) is 30.3 Å². The molecule has 0 radical (unpaired) electrons. The SMILES string of the molecule is Cn1cnc2ccc(NC(=S)c3ccco3)cc21. The van der Waals surface area contributed by atoms with Gasteiger partial charge >= 0.3 is 0 Å². The van der Waals surface area contributed by atoms with Crippen LogP contribution in [0.25, 0.3) is 11.0 Å². The molecule has 0 saturated carbocycles. The molecule has 0 aliphatic heterocycles. The van der Waals surface area contributed by atoms with Crippen molar-refractivity contribution in [2.24, 2.45) is 7.05 Å². The fraction of sp³-hybridized carbons (Fsp3) is 0.0769. The van der Waals surface area contributed by atoms with E-state index in [1.54, 1.807) is 12.6 Å². The predicted octanol–water partition coefficient (Wildman–Crippen LogP) is 2.95. The summed E-state index contributed by atoms with van der Waals surface area (Å²) in [6, 6.07) is 9.57. The van der Waals surface area contributed by atoms with Gasteiger partial charge in [-0.3, -0.25) is 0 Å². The van der Waals surface area contributed by atoms with E-state index in [4.69, 9.17) is 16.6 Å². The largest absolute Gasteiger partial charge is 0.462 e. The van der Waals surface area contributed by atoms with Crippen molar-refractivity contribution in [2.45, 2.75) is 0 Å². The van der Waals surface area contributed by atoms with Crippen LogP contribution in [-0.4, -0.2) is 14.5 Å². The zero-order chi connectivity index (χ0) is 12.5. The topological polar surface area (TPSA) is 43.0 Å². The first-order valence-corrected chi connectivity index (χ1v) is 5.91. The summed E-state index contributed by atoms with van der Waals surface area (Å²) in [6.07, 6.45) is 3.40. The quantitative estimate of drug-likeness (QED) is 0.717. The molecule has 2 aromatic heterocycles. The normalized spacial score (nSPS) is 10.7. The van der Waals surface area contributed by atoms with Crippen LogP contribution >= 0.6 is 12.2 Å². The van der Waals surface area contributed by atoms with E-state index in [0.29, 0.717) is 10.7 Å². The van der Waals surface area contributed by atoms with Crippen molar-refractivity contribution in [3.63, 3.8) is 0 Å². The number of imidazole rings is 1. The summed E-state index contributed by atoms with van der Waals surface area (Å²) in [4.78, 5) is 4.84. The molecule has 0 aliphatic rings. The average Bonchev–Trinajstić information content (AvgIpc) is 3.00. The molecule has 0 aliphatic carbocycles. The lowest BCUT2D eigenvalue weighted by molar-refractivity contribution is 0.559. The van der Waals surface area contributed by atoms with E-state index >= 15 is 0 Å². The molecule has 0 atom stereocenters. The number of nitrogens with one attached hydrogen (secondary N) is 1. The summed E-state index contributed by atoms with van der Waals surface area (Å²) < 4.78 is 7.21. The van der Waals surface area contributed by atoms with Gasteiger partial charge in [0, 0.05) is 12.7 Å². The third kappa shape index (κ3) is 1.89. The Kier molecular flexibility index (Phi) is 2.60. The number of rotatable bonds is 2. The summed E-state index contributed by atoms with van der Waals surface area (Å²) >= 11 is 5.26. The Morgan fingerprint density at radius 2 is 2.28 bits per heavy atom. The maximum absolute atomic E-state index is 5.26. The van der Waals surface area contributed by atoms with Gasteiger partial charge in [0.15, 0.2) is 5.76 Å². The van der Waals surface area contributed by atoms with Gasteiger partial charge in [-0.2, -0.15) is 0 Å². The van der Waals surface area contributed by atoms with Crippen molar-refractivity contribution in [1.29, 1.82) is 0 Å². The standard InChI is InChI=1S/C13H11N3OS/c1-16-8-14-10-5-4-9(7-11(10)16)15-13(18)12-3-2-6-17-12/h2-8H,1H3,(H,15,18). The fourth-order valence-electron chi connectivity index (χ4n) is 1.80. The summed E-state index contributed by atoms with van der Waals surface area (Å²) in [5.74, 6) is 0.662. The lowest BCUT2D eigenvalue weighted by atomic mass is 10.2. The highest BCUT2D eigenvalue weighted by molar-refractivity contribution is 7.81. The molecule has 0 saturated heterocycles. The Labute approximate surface area is 109 Å². The van der Waals surface area contributed by atoms with Crippen molar-refractivity contribution in [2.75, 3.05) is 5.32 Å². The number of nitrogens with zero attached hydrogens (tertiary/aromatic N) is 2. The molecule has 0 bridgehead atoms.